The maximum atomic E-state index is 13.0. The number of carbonyl (C=O) groups is 1. The Bertz CT molecular complexity index is 908. The molecule has 0 bridgehead atoms. The number of aliphatic hydroxyl groups excluding tert-OH is 1. The number of hydrogen-bond acceptors (Lipinski definition) is 4. The van der Waals surface area contributed by atoms with Crippen LogP contribution in [0.25, 0.3) is 16.7 Å². The summed E-state index contributed by atoms with van der Waals surface area (Å²) in [6, 6.07) is 9.33. The normalized spacial score (nSPS) is 18.9. The predicted molar refractivity (Wildman–Crippen MR) is 97.8 cm³/mol. The number of benzene rings is 1. The molecule has 1 aliphatic heterocycles. The number of pyridine rings is 1. The van der Waals surface area contributed by atoms with E-state index in [1.807, 2.05) is 25.1 Å². The highest BCUT2D eigenvalue weighted by atomic mass is 16.5. The zero-order valence-corrected chi connectivity index (χ0v) is 15.7. The van der Waals surface area contributed by atoms with Crippen LogP contribution in [0.5, 0.6) is 0 Å². The third kappa shape index (κ3) is 2.99. The van der Waals surface area contributed by atoms with Gasteiger partial charge in [0.05, 0.1) is 5.57 Å². The summed E-state index contributed by atoms with van der Waals surface area (Å²) in [5.41, 5.74) is 1.70. The van der Waals surface area contributed by atoms with Crippen LogP contribution in [0.3, 0.4) is 0 Å². The second-order valence-electron chi connectivity index (χ2n) is 7.67. The highest BCUT2D eigenvalue weighted by Crippen LogP contribution is 2.41. The summed E-state index contributed by atoms with van der Waals surface area (Å²) in [6.45, 7) is 8.87. The molecule has 3 rings (SSSR count). The molecule has 0 saturated heterocycles. The van der Waals surface area contributed by atoms with Crippen molar-refractivity contribution < 1.29 is 24.6 Å². The second kappa shape index (κ2) is 5.95. The fourth-order valence-corrected chi connectivity index (χ4v) is 3.37. The summed E-state index contributed by atoms with van der Waals surface area (Å²) in [5.74, 6) is -0.292. The first-order valence-corrected chi connectivity index (χ1v) is 8.53. The quantitative estimate of drug-likeness (QED) is 0.638. The van der Waals surface area contributed by atoms with Crippen LogP contribution >= 0.6 is 0 Å². The number of nitrogens with zero attached hydrogens (tertiary/aromatic N) is 1. The molecule has 1 aliphatic rings. The van der Waals surface area contributed by atoms with E-state index in [1.54, 1.807) is 39.8 Å². The van der Waals surface area contributed by atoms with Crippen molar-refractivity contribution in [2.45, 2.75) is 45.8 Å². The van der Waals surface area contributed by atoms with Gasteiger partial charge in [-0.25, -0.2) is 0 Å². The Balaban J connectivity index is 2.21. The minimum absolute atomic E-state index is 0.0525. The van der Waals surface area contributed by atoms with Gasteiger partial charge < -0.3 is 9.84 Å². The minimum Gasteiger partial charge on any atom is -0.508 e. The smallest absolute Gasteiger partial charge is 0.222 e. The molecule has 1 aromatic heterocycles. The van der Waals surface area contributed by atoms with Crippen LogP contribution in [0.2, 0.25) is 0 Å². The van der Waals surface area contributed by atoms with Gasteiger partial charge in [-0.1, -0.05) is 12.1 Å². The molecule has 1 aromatic carbocycles. The van der Waals surface area contributed by atoms with E-state index in [-0.39, 0.29) is 11.5 Å². The summed E-state index contributed by atoms with van der Waals surface area (Å²) in [4.78, 5) is 13.0. The van der Waals surface area contributed by atoms with Crippen molar-refractivity contribution in [2.24, 2.45) is 0 Å². The molecule has 0 amide bonds. The zero-order valence-electron chi connectivity index (χ0n) is 15.7. The van der Waals surface area contributed by atoms with Crippen molar-refractivity contribution in [1.82, 2.24) is 0 Å². The van der Waals surface area contributed by atoms with Crippen LogP contribution < -0.4 is 4.73 Å². The van der Waals surface area contributed by atoms with E-state index in [0.717, 1.165) is 21.4 Å². The van der Waals surface area contributed by atoms with Gasteiger partial charge in [0.1, 0.15) is 17.0 Å². The van der Waals surface area contributed by atoms with Crippen molar-refractivity contribution in [3.8, 4) is 11.1 Å². The lowest BCUT2D eigenvalue weighted by Crippen LogP contribution is -2.49. The largest absolute Gasteiger partial charge is 0.508 e. The van der Waals surface area contributed by atoms with Crippen LogP contribution in [0.15, 0.2) is 48.5 Å². The van der Waals surface area contributed by atoms with E-state index < -0.39 is 11.2 Å². The van der Waals surface area contributed by atoms with Gasteiger partial charge in [0.2, 0.25) is 12.4 Å². The Kier molecular flexibility index (Phi) is 4.15. The Morgan fingerprint density at radius 2 is 1.58 bits per heavy atom. The lowest BCUT2D eigenvalue weighted by Gasteiger charge is -2.40. The SMILES string of the molecule is Cc1ccc(-c2cc[n+](O)cc2)cc1C1=C(O)C(C)(C)OC(C)(C)C1=O. The van der Waals surface area contributed by atoms with E-state index in [1.165, 1.54) is 12.4 Å². The molecule has 0 aliphatic carbocycles. The lowest BCUT2D eigenvalue weighted by atomic mass is 9.81. The Labute approximate surface area is 153 Å². The van der Waals surface area contributed by atoms with Gasteiger partial charge in [-0.05, 0) is 62.9 Å². The van der Waals surface area contributed by atoms with E-state index in [0.29, 0.717) is 11.1 Å². The monoisotopic (exact) mass is 354 g/mol. The molecule has 2 aromatic rings. The standard InChI is InChI=1S/C21H23NO4/c1-13-6-7-15(14-8-10-22(25)11-9-14)12-16(13)17-18(23)20(2,3)26-21(4,5)19(17)24/h6-12H,1-5H3,(H-,23,24,25)/p+1. The average Bonchev–Trinajstić information content (AvgIpc) is 2.55. The van der Waals surface area contributed by atoms with Gasteiger partial charge in [0.15, 0.2) is 5.78 Å². The number of rotatable bonds is 2. The first-order chi connectivity index (χ1) is 12.0. The number of hydrogen-bond donors (Lipinski definition) is 2. The number of ether oxygens (including phenoxy) is 1. The Hall–Kier alpha value is -2.66. The second-order valence-corrected chi connectivity index (χ2v) is 7.67. The molecule has 0 radical (unpaired) electrons. The van der Waals surface area contributed by atoms with Gasteiger partial charge in [0.25, 0.3) is 0 Å². The third-order valence-electron chi connectivity index (χ3n) is 4.75. The van der Waals surface area contributed by atoms with E-state index in [2.05, 4.69) is 0 Å². The van der Waals surface area contributed by atoms with Crippen molar-refractivity contribution >= 4 is 11.4 Å². The van der Waals surface area contributed by atoms with Crippen molar-refractivity contribution in [2.75, 3.05) is 0 Å². The number of Topliss-reactive ketones (excluding diaryl/α,β-unsaturated/α-hetero) is 1. The van der Waals surface area contributed by atoms with Crippen LogP contribution in [-0.4, -0.2) is 27.3 Å². The van der Waals surface area contributed by atoms with Gasteiger partial charge in [-0.15, -0.1) is 0 Å². The summed E-state index contributed by atoms with van der Waals surface area (Å²) in [7, 11) is 0. The van der Waals surface area contributed by atoms with Gasteiger partial charge in [-0.3, -0.25) is 10.0 Å². The zero-order chi connectivity index (χ0) is 19.3. The number of aryl methyl sites for hydroxylation is 1. The fourth-order valence-electron chi connectivity index (χ4n) is 3.37. The first kappa shape index (κ1) is 18.1. The highest BCUT2D eigenvalue weighted by Gasteiger charge is 2.47. The molecule has 2 heterocycles. The number of aromatic nitrogens is 1. The molecule has 0 atom stereocenters. The fraction of sp³-hybridized carbons (Fsp3) is 0.333. The molecule has 5 nitrogen and oxygen atoms in total. The third-order valence-corrected chi connectivity index (χ3v) is 4.75. The Morgan fingerprint density at radius 1 is 0.962 bits per heavy atom. The molecule has 0 saturated carbocycles. The van der Waals surface area contributed by atoms with E-state index in [4.69, 9.17) is 4.74 Å². The number of aliphatic hydroxyl groups is 1. The molecule has 26 heavy (non-hydrogen) atoms. The topological polar surface area (TPSA) is 70.6 Å². The molecular formula is C21H24NO4+. The van der Waals surface area contributed by atoms with Gasteiger partial charge in [0, 0.05) is 16.9 Å². The summed E-state index contributed by atoms with van der Waals surface area (Å²) in [6.07, 6.45) is 3.08. The van der Waals surface area contributed by atoms with Gasteiger partial charge >= 0.3 is 0 Å². The summed E-state index contributed by atoms with van der Waals surface area (Å²) in [5, 5.41) is 20.2. The molecule has 136 valence electrons. The summed E-state index contributed by atoms with van der Waals surface area (Å²) < 4.78 is 6.79. The van der Waals surface area contributed by atoms with Gasteiger partial charge in [-0.2, -0.15) is 0 Å². The summed E-state index contributed by atoms with van der Waals surface area (Å²) >= 11 is 0. The van der Waals surface area contributed by atoms with E-state index in [9.17, 15) is 15.1 Å². The number of ketones is 1. The maximum absolute atomic E-state index is 13.0. The molecular weight excluding hydrogens is 330 g/mol. The van der Waals surface area contributed by atoms with Crippen molar-refractivity contribution in [3.63, 3.8) is 0 Å². The van der Waals surface area contributed by atoms with Crippen LogP contribution in [0.4, 0.5) is 0 Å². The van der Waals surface area contributed by atoms with Crippen molar-refractivity contribution in [3.05, 3.63) is 59.6 Å². The molecule has 5 heteroatoms. The van der Waals surface area contributed by atoms with Crippen LogP contribution in [0, 0.1) is 6.92 Å². The molecule has 0 unspecified atom stereocenters. The molecule has 0 fully saturated rings. The van der Waals surface area contributed by atoms with Crippen molar-refractivity contribution in [1.29, 1.82) is 0 Å². The molecule has 2 N–H and O–H groups in total. The maximum Gasteiger partial charge on any atom is 0.222 e. The molecule has 0 spiro atoms. The highest BCUT2D eigenvalue weighted by molar-refractivity contribution is 6.26. The first-order valence-electron chi connectivity index (χ1n) is 8.53. The predicted octanol–water partition coefficient (Wildman–Crippen LogP) is 3.61. The van der Waals surface area contributed by atoms with Crippen LogP contribution in [-0.2, 0) is 9.53 Å². The van der Waals surface area contributed by atoms with Crippen LogP contribution in [0.1, 0.15) is 38.8 Å². The lowest BCUT2D eigenvalue weighted by molar-refractivity contribution is -0.904. The van der Waals surface area contributed by atoms with E-state index >= 15 is 0 Å². The average molecular weight is 354 g/mol. The number of carbonyl (C=O) groups excluding carboxylic acids is 1. The Morgan fingerprint density at radius 3 is 2.19 bits per heavy atom. The minimum atomic E-state index is -1.03.